The third-order valence-electron chi connectivity index (χ3n) is 20.2. The van der Waals surface area contributed by atoms with Gasteiger partial charge >= 0.3 is 39.5 Å². The second-order valence-corrected chi connectivity index (χ2v) is 34.8. The van der Waals surface area contributed by atoms with Gasteiger partial charge in [-0.25, -0.2) is 9.13 Å². The Kier molecular flexibility index (Phi) is 76.0. The highest BCUT2D eigenvalue weighted by atomic mass is 31.2. The van der Waals surface area contributed by atoms with Crippen molar-refractivity contribution in [1.82, 2.24) is 0 Å². The highest BCUT2D eigenvalue weighted by molar-refractivity contribution is 7.47. The molecule has 19 heteroatoms. The van der Waals surface area contributed by atoms with Crippen LogP contribution in [0.4, 0.5) is 0 Å². The molecule has 0 fully saturated rings. The van der Waals surface area contributed by atoms with E-state index in [1.165, 1.54) is 276 Å². The standard InChI is InChI=1S/C86H168O17P2/c1-7-9-11-13-15-17-19-21-22-23-24-25-29-32-35-39-45-51-57-63-69-84(89)97-74-81(102-85(90)70-64-58-52-46-40-36-33-30-27-26-28-31-34-37-42-48-54-60-66-78(3)4)76-100-104(92,93)98-72-80(87)73-99-105(94,95)101-77-82(103-86(91)71-65-59-53-47-41-43-49-55-61-67-79(5)6)75-96-83(88)68-62-56-50-44-38-20-18-16-14-12-10-8-2/h78-82,87H,7-77H2,1-6H3,(H,92,93)(H,94,95)/t80-,81-,82-/m1/s1. The van der Waals surface area contributed by atoms with Gasteiger partial charge in [-0.1, -0.05) is 408 Å². The van der Waals surface area contributed by atoms with E-state index in [0.29, 0.717) is 25.7 Å². The van der Waals surface area contributed by atoms with Gasteiger partial charge in [-0.3, -0.25) is 37.3 Å². The van der Waals surface area contributed by atoms with Gasteiger partial charge in [-0.05, 0) is 37.5 Å². The lowest BCUT2D eigenvalue weighted by molar-refractivity contribution is -0.161. The van der Waals surface area contributed by atoms with Gasteiger partial charge in [0.25, 0.3) is 0 Å². The van der Waals surface area contributed by atoms with E-state index in [1.54, 1.807) is 0 Å². The first-order chi connectivity index (χ1) is 50.9. The van der Waals surface area contributed by atoms with Crippen LogP contribution in [-0.4, -0.2) is 96.7 Å². The summed E-state index contributed by atoms with van der Waals surface area (Å²) in [7, 11) is -9.93. The van der Waals surface area contributed by atoms with Gasteiger partial charge in [0.05, 0.1) is 26.4 Å². The molecular weight excluding hydrogens is 1370 g/mol. The average molecular weight is 1540 g/mol. The van der Waals surface area contributed by atoms with E-state index in [9.17, 15) is 43.2 Å². The monoisotopic (exact) mass is 1540 g/mol. The first-order valence-electron chi connectivity index (χ1n) is 44.5. The van der Waals surface area contributed by atoms with Gasteiger partial charge < -0.3 is 33.8 Å². The van der Waals surface area contributed by atoms with Crippen molar-refractivity contribution < 1.29 is 80.2 Å². The number of hydrogen-bond donors (Lipinski definition) is 3. The largest absolute Gasteiger partial charge is 0.472 e. The number of phosphoric ester groups is 2. The van der Waals surface area contributed by atoms with E-state index in [0.717, 1.165) is 102 Å². The summed E-state index contributed by atoms with van der Waals surface area (Å²) in [4.78, 5) is 73.2. The van der Waals surface area contributed by atoms with Crippen LogP contribution < -0.4 is 0 Å². The number of rotatable bonds is 85. The SMILES string of the molecule is CCCCCCCCCCCCCCCCCCCCCCC(=O)OC[C@H](COP(=O)(O)OC[C@@H](O)COP(=O)(O)OC[C@@H](COC(=O)CCCCCCCCCCCCCC)OC(=O)CCCCCCCCCCCC(C)C)OC(=O)CCCCCCCCCCCCCCCCCCCCC(C)C. The Labute approximate surface area is 645 Å². The molecule has 624 valence electrons. The Morgan fingerprint density at radius 1 is 0.257 bits per heavy atom. The Morgan fingerprint density at radius 3 is 0.648 bits per heavy atom. The zero-order chi connectivity index (χ0) is 77.1. The first-order valence-corrected chi connectivity index (χ1v) is 47.5. The molecule has 0 aliphatic heterocycles. The van der Waals surface area contributed by atoms with Crippen LogP contribution in [0.3, 0.4) is 0 Å². The number of ether oxygens (including phenoxy) is 4. The molecule has 0 aromatic carbocycles. The molecule has 0 amide bonds. The van der Waals surface area contributed by atoms with Crippen LogP contribution in [0.5, 0.6) is 0 Å². The number of aliphatic hydroxyl groups is 1. The summed E-state index contributed by atoms with van der Waals surface area (Å²) in [6.45, 7) is 9.68. The van der Waals surface area contributed by atoms with Gasteiger partial charge in [-0.15, -0.1) is 0 Å². The van der Waals surface area contributed by atoms with Crippen LogP contribution in [0.25, 0.3) is 0 Å². The molecule has 0 spiro atoms. The van der Waals surface area contributed by atoms with E-state index in [4.69, 9.17) is 37.0 Å². The Balaban J connectivity index is 5.22. The third-order valence-corrected chi connectivity index (χ3v) is 22.1. The summed E-state index contributed by atoms with van der Waals surface area (Å²) in [5.74, 6) is -0.546. The molecule has 105 heavy (non-hydrogen) atoms. The van der Waals surface area contributed by atoms with E-state index in [1.807, 2.05) is 0 Å². The van der Waals surface area contributed by atoms with E-state index >= 15 is 0 Å². The highest BCUT2D eigenvalue weighted by Crippen LogP contribution is 2.45. The van der Waals surface area contributed by atoms with E-state index in [-0.39, 0.29) is 25.7 Å². The van der Waals surface area contributed by atoms with Gasteiger partial charge in [0, 0.05) is 25.7 Å². The topological polar surface area (TPSA) is 237 Å². The predicted octanol–water partition coefficient (Wildman–Crippen LogP) is 26.2. The summed E-state index contributed by atoms with van der Waals surface area (Å²) < 4.78 is 68.9. The van der Waals surface area contributed by atoms with E-state index < -0.39 is 97.5 Å². The maximum Gasteiger partial charge on any atom is 0.472 e. The molecule has 0 aromatic heterocycles. The Morgan fingerprint density at radius 2 is 0.438 bits per heavy atom. The number of unbranched alkanes of at least 4 members (excludes halogenated alkanes) is 55. The molecule has 2 unspecified atom stereocenters. The van der Waals surface area contributed by atoms with Gasteiger partial charge in [0.2, 0.25) is 0 Å². The smallest absolute Gasteiger partial charge is 0.462 e. The molecule has 0 aliphatic carbocycles. The van der Waals surface area contributed by atoms with Crippen molar-refractivity contribution in [3.05, 3.63) is 0 Å². The molecule has 3 N–H and O–H groups in total. The van der Waals surface area contributed by atoms with Crippen molar-refractivity contribution in [2.24, 2.45) is 11.8 Å². The summed E-state index contributed by atoms with van der Waals surface area (Å²) in [6, 6.07) is 0. The molecule has 0 heterocycles. The summed E-state index contributed by atoms with van der Waals surface area (Å²) >= 11 is 0. The van der Waals surface area contributed by atoms with Crippen LogP contribution in [0.2, 0.25) is 0 Å². The van der Waals surface area contributed by atoms with Crippen molar-refractivity contribution in [3.8, 4) is 0 Å². The Hall–Kier alpha value is -1.94. The average Bonchev–Trinajstić information content (AvgIpc) is 1.03. The third kappa shape index (κ3) is 79.9. The fourth-order valence-corrected chi connectivity index (χ4v) is 15.0. The number of carbonyl (C=O) groups is 4. The van der Waals surface area contributed by atoms with E-state index in [2.05, 4.69) is 41.5 Å². The van der Waals surface area contributed by atoms with Crippen molar-refractivity contribution in [2.75, 3.05) is 39.6 Å². The molecule has 0 bridgehead atoms. The number of hydrogen-bond acceptors (Lipinski definition) is 15. The maximum absolute atomic E-state index is 13.1. The zero-order valence-corrected chi connectivity index (χ0v) is 70.8. The molecule has 0 aliphatic rings. The van der Waals surface area contributed by atoms with Crippen LogP contribution >= 0.6 is 15.6 Å². The lowest BCUT2D eigenvalue weighted by Gasteiger charge is -2.21. The highest BCUT2D eigenvalue weighted by Gasteiger charge is 2.30. The lowest BCUT2D eigenvalue weighted by Crippen LogP contribution is -2.30. The quantitative estimate of drug-likeness (QED) is 0.0222. The summed E-state index contributed by atoms with van der Waals surface area (Å²) in [5.41, 5.74) is 0. The van der Waals surface area contributed by atoms with Crippen LogP contribution in [0.15, 0.2) is 0 Å². The first kappa shape index (κ1) is 103. The lowest BCUT2D eigenvalue weighted by atomic mass is 10.0. The fourth-order valence-electron chi connectivity index (χ4n) is 13.4. The van der Waals surface area contributed by atoms with Crippen LogP contribution in [0, 0.1) is 11.8 Å². The van der Waals surface area contributed by atoms with Crippen molar-refractivity contribution in [1.29, 1.82) is 0 Å². The normalized spacial score (nSPS) is 13.8. The summed E-state index contributed by atoms with van der Waals surface area (Å²) in [5, 5.41) is 10.7. The molecule has 0 radical (unpaired) electrons. The number of carbonyl (C=O) groups excluding carboxylic acids is 4. The van der Waals surface area contributed by atoms with Crippen LogP contribution in [-0.2, 0) is 65.4 Å². The second-order valence-electron chi connectivity index (χ2n) is 31.9. The van der Waals surface area contributed by atoms with Gasteiger partial charge in [0.15, 0.2) is 12.2 Å². The van der Waals surface area contributed by atoms with Gasteiger partial charge in [0.1, 0.15) is 19.3 Å². The summed E-state index contributed by atoms with van der Waals surface area (Å²) in [6.07, 6.45) is 69.5. The molecular formula is C86H168O17P2. The molecule has 0 saturated heterocycles. The maximum atomic E-state index is 13.1. The van der Waals surface area contributed by atoms with Crippen LogP contribution in [0.1, 0.15) is 459 Å². The van der Waals surface area contributed by atoms with Crippen molar-refractivity contribution >= 4 is 39.5 Å². The van der Waals surface area contributed by atoms with Gasteiger partial charge in [-0.2, -0.15) is 0 Å². The number of esters is 4. The number of phosphoric acid groups is 2. The minimum absolute atomic E-state index is 0.106. The van der Waals surface area contributed by atoms with Crippen molar-refractivity contribution in [3.63, 3.8) is 0 Å². The molecule has 17 nitrogen and oxygen atoms in total. The Bertz CT molecular complexity index is 2010. The molecule has 0 aromatic rings. The fraction of sp³-hybridized carbons (Fsp3) is 0.953. The molecule has 5 atom stereocenters. The zero-order valence-electron chi connectivity index (χ0n) is 69.0. The number of aliphatic hydroxyl groups excluding tert-OH is 1. The minimum Gasteiger partial charge on any atom is -0.462 e. The second kappa shape index (κ2) is 77.4. The molecule has 0 saturated carbocycles. The van der Waals surface area contributed by atoms with Crippen molar-refractivity contribution in [2.45, 2.75) is 477 Å². The molecule has 0 rings (SSSR count). The predicted molar refractivity (Wildman–Crippen MR) is 432 cm³/mol. The minimum atomic E-state index is -4.97.